The van der Waals surface area contributed by atoms with Crippen molar-refractivity contribution in [2.24, 2.45) is 5.41 Å². The van der Waals surface area contributed by atoms with Crippen LogP contribution in [0.1, 0.15) is 48.1 Å². The monoisotopic (exact) mass is 559 g/mol. The number of methoxy groups -OCH3 is 2. The van der Waals surface area contributed by atoms with Crippen LogP contribution in [-0.4, -0.2) is 43.7 Å². The summed E-state index contributed by atoms with van der Waals surface area (Å²) in [5.74, 6) is -1.23. The molecule has 1 aliphatic carbocycles. The average molecular weight is 560 g/mol. The fourth-order valence-corrected chi connectivity index (χ4v) is 7.10. The maximum absolute atomic E-state index is 14.8. The molecular weight excluding hydrogens is 533 g/mol. The number of carbonyl (C=O) groups excluding carboxylic acids is 3. The molecule has 4 aromatic carbocycles. The number of hydrogen-bond acceptors (Lipinski definition) is 6. The molecule has 0 radical (unpaired) electrons. The predicted molar refractivity (Wildman–Crippen MR) is 156 cm³/mol. The molecule has 3 aliphatic rings. The fraction of sp³-hybridized carbons (Fsp3) is 0.171. The van der Waals surface area contributed by atoms with Gasteiger partial charge in [0.1, 0.15) is 28.8 Å². The number of ether oxygens (including phenoxy) is 2. The number of halogens is 1. The van der Waals surface area contributed by atoms with E-state index in [0.717, 1.165) is 0 Å². The van der Waals surface area contributed by atoms with E-state index in [1.54, 1.807) is 92.1 Å². The Kier molecular flexibility index (Phi) is 5.87. The van der Waals surface area contributed by atoms with Gasteiger partial charge in [-0.1, -0.05) is 60.7 Å². The van der Waals surface area contributed by atoms with E-state index in [1.165, 1.54) is 19.2 Å². The van der Waals surface area contributed by atoms with Crippen molar-refractivity contribution in [3.05, 3.63) is 131 Å². The molecule has 6 nitrogen and oxygen atoms in total. The van der Waals surface area contributed by atoms with Gasteiger partial charge in [0, 0.05) is 33.9 Å². The summed E-state index contributed by atoms with van der Waals surface area (Å²) in [6, 6.07) is 23.4. The first-order valence-corrected chi connectivity index (χ1v) is 13.7. The topological polar surface area (TPSA) is 72.9 Å². The van der Waals surface area contributed by atoms with Gasteiger partial charge >= 0.3 is 0 Å². The third-order valence-corrected chi connectivity index (χ3v) is 8.84. The maximum atomic E-state index is 14.8. The van der Waals surface area contributed by atoms with Crippen molar-refractivity contribution >= 4 is 29.1 Å². The summed E-state index contributed by atoms with van der Waals surface area (Å²) >= 11 is 0. The van der Waals surface area contributed by atoms with Gasteiger partial charge in [0.15, 0.2) is 17.3 Å². The molecule has 0 saturated carbocycles. The highest BCUT2D eigenvalue weighted by molar-refractivity contribution is 6.32. The largest absolute Gasteiger partial charge is 0.497 e. The molecule has 4 aromatic rings. The number of hydrogen-bond donors (Lipinski definition) is 0. The molecule has 1 spiro atoms. The molecule has 1 saturated heterocycles. The minimum Gasteiger partial charge on any atom is -0.497 e. The highest BCUT2D eigenvalue weighted by Crippen LogP contribution is 2.61. The fourth-order valence-electron chi connectivity index (χ4n) is 7.10. The summed E-state index contributed by atoms with van der Waals surface area (Å²) in [6.45, 7) is 0. The molecule has 7 rings (SSSR count). The summed E-state index contributed by atoms with van der Waals surface area (Å²) in [5.41, 5.74) is 1.15. The molecule has 0 bridgehead atoms. The van der Waals surface area contributed by atoms with Gasteiger partial charge in [0.2, 0.25) is 0 Å². The normalized spacial score (nSPS) is 21.2. The number of ketones is 3. The summed E-state index contributed by atoms with van der Waals surface area (Å²) in [7, 11) is 3.07. The second-order valence-corrected chi connectivity index (χ2v) is 10.8. The average Bonchev–Trinajstić information content (AvgIpc) is 3.46. The van der Waals surface area contributed by atoms with Crippen LogP contribution < -0.4 is 14.4 Å². The molecule has 0 unspecified atom stereocenters. The third-order valence-electron chi connectivity index (χ3n) is 8.84. The SMILES string of the molecule is COc1cccc(C(=O)[C@@H]2[C@@H](c3cccc(OC)c3)C3(C(=O)c4ccccc4C3=O)[C@H]3C=Cc4cc(F)ccc4N23)c1. The zero-order valence-electron chi connectivity index (χ0n) is 22.9. The minimum atomic E-state index is -1.65. The van der Waals surface area contributed by atoms with Gasteiger partial charge in [0.25, 0.3) is 0 Å². The van der Waals surface area contributed by atoms with Crippen LogP contribution in [0.3, 0.4) is 0 Å². The Morgan fingerprint density at radius 3 is 2.17 bits per heavy atom. The first-order valence-electron chi connectivity index (χ1n) is 13.7. The van der Waals surface area contributed by atoms with Crippen molar-refractivity contribution in [3.8, 4) is 11.5 Å². The minimum absolute atomic E-state index is 0.286. The molecule has 0 aromatic heterocycles. The Morgan fingerprint density at radius 2 is 1.48 bits per heavy atom. The molecule has 7 heteroatoms. The number of rotatable bonds is 5. The van der Waals surface area contributed by atoms with Gasteiger partial charge in [-0.2, -0.15) is 0 Å². The standard InChI is InChI=1S/C35H26FNO5/c1-41-24-9-5-7-21(18-24)30-31(32(38)22-8-6-10-25(19-22)42-2)37-28-15-14-23(36)17-20(28)13-16-29(37)35(30)33(39)26-11-3-4-12-27(26)34(35)40/h3-19,29-31H,1-2H3/t29-,30-,31+/m1/s1. The van der Waals surface area contributed by atoms with Crippen LogP contribution in [0.4, 0.5) is 10.1 Å². The Balaban J connectivity index is 1.55. The van der Waals surface area contributed by atoms with Crippen LogP contribution in [0, 0.1) is 11.2 Å². The predicted octanol–water partition coefficient (Wildman–Crippen LogP) is 6.16. The van der Waals surface area contributed by atoms with Gasteiger partial charge in [0.05, 0.1) is 20.3 Å². The molecule has 2 heterocycles. The lowest BCUT2D eigenvalue weighted by Crippen LogP contribution is -2.48. The van der Waals surface area contributed by atoms with Crippen LogP contribution in [0.5, 0.6) is 11.5 Å². The second-order valence-electron chi connectivity index (χ2n) is 10.8. The summed E-state index contributed by atoms with van der Waals surface area (Å²) < 4.78 is 25.4. The van der Waals surface area contributed by atoms with Crippen molar-refractivity contribution in [1.29, 1.82) is 0 Å². The smallest absolute Gasteiger partial charge is 0.186 e. The van der Waals surface area contributed by atoms with E-state index in [2.05, 4.69) is 0 Å². The first-order chi connectivity index (χ1) is 20.4. The second kappa shape index (κ2) is 9.52. The lowest BCUT2D eigenvalue weighted by molar-refractivity contribution is 0.0665. The lowest BCUT2D eigenvalue weighted by Gasteiger charge is -2.37. The number of anilines is 1. The molecule has 42 heavy (non-hydrogen) atoms. The lowest BCUT2D eigenvalue weighted by atomic mass is 9.64. The summed E-state index contributed by atoms with van der Waals surface area (Å²) in [4.78, 5) is 46.0. The van der Waals surface area contributed by atoms with E-state index < -0.39 is 29.2 Å². The van der Waals surface area contributed by atoms with E-state index in [1.807, 2.05) is 11.0 Å². The van der Waals surface area contributed by atoms with E-state index in [0.29, 0.717) is 45.0 Å². The van der Waals surface area contributed by atoms with Crippen molar-refractivity contribution in [1.82, 2.24) is 0 Å². The van der Waals surface area contributed by atoms with E-state index in [9.17, 15) is 18.8 Å². The Labute approximate surface area is 242 Å². The van der Waals surface area contributed by atoms with E-state index in [4.69, 9.17) is 9.47 Å². The zero-order valence-corrected chi connectivity index (χ0v) is 22.9. The molecule has 0 N–H and O–H groups in total. The Bertz CT molecular complexity index is 1790. The summed E-state index contributed by atoms with van der Waals surface area (Å²) in [6.07, 6.45) is 3.52. The molecule has 1 fully saturated rings. The van der Waals surface area contributed by atoms with Gasteiger partial charge in [-0.15, -0.1) is 0 Å². The Hall–Kier alpha value is -5.04. The number of nitrogens with zero attached hydrogens (tertiary/aromatic N) is 1. The van der Waals surface area contributed by atoms with Crippen molar-refractivity contribution in [3.63, 3.8) is 0 Å². The van der Waals surface area contributed by atoms with Crippen LogP contribution in [0.15, 0.2) is 97.1 Å². The number of Topliss-reactive ketones (excluding diaryl/α,β-unsaturated/α-hetero) is 3. The van der Waals surface area contributed by atoms with Gasteiger partial charge < -0.3 is 14.4 Å². The Morgan fingerprint density at radius 1 is 0.810 bits per heavy atom. The molecule has 2 aliphatic heterocycles. The van der Waals surface area contributed by atoms with Crippen LogP contribution in [0.25, 0.3) is 6.08 Å². The number of carbonyl (C=O) groups is 3. The van der Waals surface area contributed by atoms with Crippen LogP contribution in [-0.2, 0) is 0 Å². The quantitative estimate of drug-likeness (QED) is 0.216. The van der Waals surface area contributed by atoms with Crippen molar-refractivity contribution in [2.45, 2.75) is 18.0 Å². The molecule has 208 valence electrons. The van der Waals surface area contributed by atoms with Crippen LogP contribution >= 0.6 is 0 Å². The zero-order chi connectivity index (χ0) is 29.2. The van der Waals surface area contributed by atoms with Gasteiger partial charge in [-0.3, -0.25) is 14.4 Å². The first kappa shape index (κ1) is 25.9. The third kappa shape index (κ3) is 3.46. The number of fused-ring (bicyclic) bond motifs is 5. The molecular formula is C35H26FNO5. The van der Waals surface area contributed by atoms with E-state index >= 15 is 0 Å². The number of benzene rings is 4. The highest BCUT2D eigenvalue weighted by atomic mass is 19.1. The van der Waals surface area contributed by atoms with Gasteiger partial charge in [-0.05, 0) is 48.0 Å². The van der Waals surface area contributed by atoms with Crippen molar-refractivity contribution in [2.75, 3.05) is 19.1 Å². The van der Waals surface area contributed by atoms with Crippen molar-refractivity contribution < 1.29 is 28.2 Å². The van der Waals surface area contributed by atoms with E-state index in [-0.39, 0.29) is 17.3 Å². The molecule has 0 amide bonds. The highest BCUT2D eigenvalue weighted by Gasteiger charge is 2.71. The van der Waals surface area contributed by atoms with Crippen LogP contribution in [0.2, 0.25) is 0 Å². The van der Waals surface area contributed by atoms with Gasteiger partial charge in [-0.25, -0.2) is 4.39 Å². The summed E-state index contributed by atoms with van der Waals surface area (Å²) in [5, 5.41) is 0. The maximum Gasteiger partial charge on any atom is 0.186 e. The molecule has 3 atom stereocenters.